The van der Waals surface area contributed by atoms with Gasteiger partial charge in [-0.15, -0.1) is 0 Å². The zero-order valence-electron chi connectivity index (χ0n) is 14.5. The number of carbonyl (C=O) groups excluding carboxylic acids is 1. The van der Waals surface area contributed by atoms with Crippen molar-refractivity contribution in [3.63, 3.8) is 0 Å². The van der Waals surface area contributed by atoms with E-state index in [4.69, 9.17) is 4.74 Å². The number of nitrogens with one attached hydrogen (secondary N) is 2. The molecule has 2 aromatic carbocycles. The maximum absolute atomic E-state index is 11.8. The van der Waals surface area contributed by atoms with Gasteiger partial charge in [0.15, 0.2) is 0 Å². The Hall–Kier alpha value is -2.82. The summed E-state index contributed by atoms with van der Waals surface area (Å²) in [5, 5.41) is 7.06. The minimum absolute atomic E-state index is 0.148. The molecule has 0 saturated heterocycles. The van der Waals surface area contributed by atoms with Crippen LogP contribution in [0.2, 0.25) is 0 Å². The Morgan fingerprint density at radius 3 is 2.42 bits per heavy atom. The topological polar surface area (TPSA) is 62.7 Å². The van der Waals surface area contributed by atoms with Crippen molar-refractivity contribution in [2.45, 2.75) is 20.8 Å². The Morgan fingerprint density at radius 1 is 1.08 bits per heavy atom. The highest BCUT2D eigenvalue weighted by molar-refractivity contribution is 5.85. The number of aryl methyl sites for hydroxylation is 3. The van der Waals surface area contributed by atoms with Gasteiger partial charge in [0.05, 0.1) is 19.9 Å². The van der Waals surface area contributed by atoms with Crippen LogP contribution in [-0.2, 0) is 4.79 Å². The highest BCUT2D eigenvalue weighted by Gasteiger charge is 2.02. The molecule has 2 aromatic rings. The summed E-state index contributed by atoms with van der Waals surface area (Å²) in [6.07, 6.45) is 1.67. The molecule has 2 rings (SSSR count). The highest BCUT2D eigenvalue weighted by Crippen LogP contribution is 2.15. The summed E-state index contributed by atoms with van der Waals surface area (Å²) in [6, 6.07) is 11.6. The number of benzene rings is 2. The first-order valence-electron chi connectivity index (χ1n) is 7.77. The van der Waals surface area contributed by atoms with Gasteiger partial charge in [0.25, 0.3) is 5.91 Å². The van der Waals surface area contributed by atoms with Gasteiger partial charge in [0.2, 0.25) is 0 Å². The van der Waals surface area contributed by atoms with E-state index < -0.39 is 0 Å². The third-order valence-corrected chi connectivity index (χ3v) is 3.82. The fraction of sp³-hybridized carbons (Fsp3) is 0.263. The molecule has 0 radical (unpaired) electrons. The number of amides is 1. The minimum Gasteiger partial charge on any atom is -0.497 e. The summed E-state index contributed by atoms with van der Waals surface area (Å²) < 4.78 is 5.09. The van der Waals surface area contributed by atoms with Crippen LogP contribution < -0.4 is 15.5 Å². The van der Waals surface area contributed by atoms with Crippen molar-refractivity contribution < 1.29 is 9.53 Å². The molecule has 0 unspecified atom stereocenters. The Labute approximate surface area is 142 Å². The van der Waals surface area contributed by atoms with E-state index in [1.54, 1.807) is 13.3 Å². The van der Waals surface area contributed by atoms with E-state index in [9.17, 15) is 4.79 Å². The number of nitrogens with zero attached hydrogens (tertiary/aromatic N) is 1. The van der Waals surface area contributed by atoms with Crippen LogP contribution in [0, 0.1) is 20.8 Å². The van der Waals surface area contributed by atoms with E-state index in [1.165, 1.54) is 11.1 Å². The maximum atomic E-state index is 11.8. The molecule has 2 N–H and O–H groups in total. The van der Waals surface area contributed by atoms with Crippen LogP contribution in [0.15, 0.2) is 41.5 Å². The zero-order valence-corrected chi connectivity index (χ0v) is 14.5. The van der Waals surface area contributed by atoms with Crippen molar-refractivity contribution in [1.82, 2.24) is 5.43 Å². The van der Waals surface area contributed by atoms with Crippen LogP contribution in [-0.4, -0.2) is 25.8 Å². The van der Waals surface area contributed by atoms with Crippen molar-refractivity contribution in [2.75, 3.05) is 19.0 Å². The summed E-state index contributed by atoms with van der Waals surface area (Å²) in [7, 11) is 1.62. The van der Waals surface area contributed by atoms with E-state index in [1.807, 2.05) is 31.2 Å². The Balaban J connectivity index is 1.85. The molecule has 126 valence electrons. The number of hydrazone groups is 1. The predicted octanol–water partition coefficient (Wildman–Crippen LogP) is 3.18. The summed E-state index contributed by atoms with van der Waals surface area (Å²) >= 11 is 0. The molecule has 24 heavy (non-hydrogen) atoms. The molecule has 0 aliphatic carbocycles. The first kappa shape index (κ1) is 17.5. The highest BCUT2D eigenvalue weighted by atomic mass is 16.5. The van der Waals surface area contributed by atoms with Gasteiger partial charge in [-0.3, -0.25) is 4.79 Å². The van der Waals surface area contributed by atoms with Crippen LogP contribution in [0.1, 0.15) is 22.3 Å². The van der Waals surface area contributed by atoms with Crippen LogP contribution >= 0.6 is 0 Å². The molecule has 0 aromatic heterocycles. The number of anilines is 1. The lowest BCUT2D eigenvalue weighted by Gasteiger charge is -2.07. The van der Waals surface area contributed by atoms with Gasteiger partial charge in [-0.05, 0) is 73.4 Å². The minimum atomic E-state index is -0.205. The van der Waals surface area contributed by atoms with Crippen molar-refractivity contribution in [1.29, 1.82) is 0 Å². The van der Waals surface area contributed by atoms with Gasteiger partial charge in [-0.25, -0.2) is 5.43 Å². The number of ether oxygens (including phenoxy) is 1. The van der Waals surface area contributed by atoms with E-state index in [2.05, 4.69) is 41.8 Å². The summed E-state index contributed by atoms with van der Waals surface area (Å²) in [4.78, 5) is 11.8. The maximum Gasteiger partial charge on any atom is 0.259 e. The second-order valence-corrected chi connectivity index (χ2v) is 5.67. The molecule has 0 saturated carbocycles. The van der Waals surface area contributed by atoms with Crippen LogP contribution in [0.5, 0.6) is 5.75 Å². The van der Waals surface area contributed by atoms with Gasteiger partial charge < -0.3 is 10.1 Å². The standard InChI is InChI=1S/C19H23N3O2/c1-13-9-15(3)16(10-14(13)2)11-21-22-19(23)12-20-17-5-7-18(24-4)8-6-17/h5-11,20H,12H2,1-4H3,(H,22,23)/b21-11-. The molecule has 5 heteroatoms. The number of rotatable bonds is 6. The lowest BCUT2D eigenvalue weighted by atomic mass is 10.0. The second kappa shape index (κ2) is 8.15. The molecule has 0 atom stereocenters. The quantitative estimate of drug-likeness (QED) is 0.633. The van der Waals surface area contributed by atoms with Crippen molar-refractivity contribution >= 4 is 17.8 Å². The summed E-state index contributed by atoms with van der Waals surface area (Å²) in [5.41, 5.74) is 7.96. The normalized spacial score (nSPS) is 10.7. The third-order valence-electron chi connectivity index (χ3n) is 3.82. The molecule has 0 bridgehead atoms. The van der Waals surface area contributed by atoms with Gasteiger partial charge in [-0.1, -0.05) is 6.07 Å². The van der Waals surface area contributed by atoms with Gasteiger partial charge in [0, 0.05) is 5.69 Å². The number of methoxy groups -OCH3 is 1. The molecule has 0 heterocycles. The zero-order chi connectivity index (χ0) is 17.5. The molecule has 0 aliphatic heterocycles. The van der Waals surface area contributed by atoms with Crippen LogP contribution in [0.3, 0.4) is 0 Å². The smallest absolute Gasteiger partial charge is 0.259 e. The van der Waals surface area contributed by atoms with Gasteiger partial charge in [0.1, 0.15) is 5.75 Å². The molecule has 0 fully saturated rings. The van der Waals surface area contributed by atoms with E-state index >= 15 is 0 Å². The molecular formula is C19H23N3O2. The fourth-order valence-electron chi connectivity index (χ4n) is 2.23. The Kier molecular flexibility index (Phi) is 5.95. The Morgan fingerprint density at radius 2 is 1.75 bits per heavy atom. The second-order valence-electron chi connectivity index (χ2n) is 5.67. The molecular weight excluding hydrogens is 302 g/mol. The molecule has 0 aliphatic rings. The lowest BCUT2D eigenvalue weighted by Crippen LogP contribution is -2.25. The first-order valence-corrected chi connectivity index (χ1v) is 7.77. The predicted molar refractivity (Wildman–Crippen MR) is 97.9 cm³/mol. The molecule has 0 spiro atoms. The number of hydrogen-bond acceptors (Lipinski definition) is 4. The van der Waals surface area contributed by atoms with E-state index in [0.717, 1.165) is 22.6 Å². The van der Waals surface area contributed by atoms with E-state index in [-0.39, 0.29) is 12.5 Å². The first-order chi connectivity index (χ1) is 11.5. The summed E-state index contributed by atoms with van der Waals surface area (Å²) in [5.74, 6) is 0.571. The molecule has 5 nitrogen and oxygen atoms in total. The number of hydrogen-bond donors (Lipinski definition) is 2. The monoisotopic (exact) mass is 325 g/mol. The van der Waals surface area contributed by atoms with Gasteiger partial charge in [-0.2, -0.15) is 5.10 Å². The average Bonchev–Trinajstić information content (AvgIpc) is 2.58. The van der Waals surface area contributed by atoms with Crippen molar-refractivity contribution in [3.8, 4) is 5.75 Å². The average molecular weight is 325 g/mol. The van der Waals surface area contributed by atoms with Crippen LogP contribution in [0.25, 0.3) is 0 Å². The van der Waals surface area contributed by atoms with E-state index in [0.29, 0.717) is 0 Å². The van der Waals surface area contributed by atoms with Gasteiger partial charge >= 0.3 is 0 Å². The largest absolute Gasteiger partial charge is 0.497 e. The van der Waals surface area contributed by atoms with Crippen LogP contribution in [0.4, 0.5) is 5.69 Å². The fourth-order valence-corrected chi connectivity index (χ4v) is 2.23. The SMILES string of the molecule is COc1ccc(NCC(=O)N/N=C\c2cc(C)c(C)cc2C)cc1. The number of carbonyl (C=O) groups is 1. The lowest BCUT2D eigenvalue weighted by molar-refractivity contribution is -0.119. The van der Waals surface area contributed by atoms with Crippen molar-refractivity contribution in [3.05, 3.63) is 58.7 Å². The Bertz CT molecular complexity index is 737. The molecule has 1 amide bonds. The van der Waals surface area contributed by atoms with Crippen molar-refractivity contribution in [2.24, 2.45) is 5.10 Å². The summed E-state index contributed by atoms with van der Waals surface area (Å²) in [6.45, 7) is 6.32. The third kappa shape index (κ3) is 4.84.